The number of carbonyl (C=O) groups is 2. The Balaban J connectivity index is 1.52. The van der Waals surface area contributed by atoms with Crippen molar-refractivity contribution < 1.29 is 14.0 Å². The molecule has 1 saturated carbocycles. The Morgan fingerprint density at radius 1 is 1.25 bits per heavy atom. The smallest absolute Gasteiger partial charge is 0.251 e. The number of halogens is 1. The number of aryl methyl sites for hydroxylation is 1. The van der Waals surface area contributed by atoms with Crippen molar-refractivity contribution in [3.63, 3.8) is 0 Å². The maximum atomic E-state index is 13.1. The van der Waals surface area contributed by atoms with E-state index in [1.807, 2.05) is 31.2 Å². The van der Waals surface area contributed by atoms with E-state index in [2.05, 4.69) is 5.32 Å². The Hall–Kier alpha value is -1.91. The number of likely N-dealkylation sites (tertiary alicyclic amines) is 1. The summed E-state index contributed by atoms with van der Waals surface area (Å²) in [5.74, 6) is -0.295. The van der Waals surface area contributed by atoms with Gasteiger partial charge in [0.15, 0.2) is 0 Å². The van der Waals surface area contributed by atoms with E-state index in [9.17, 15) is 14.0 Å². The third kappa shape index (κ3) is 4.13. The molecule has 1 unspecified atom stereocenters. The Morgan fingerprint density at radius 3 is 2.62 bits per heavy atom. The third-order valence-corrected chi connectivity index (χ3v) is 4.98. The Bertz CT molecular complexity index is 602. The second-order valence-electron chi connectivity index (χ2n) is 7.08. The van der Waals surface area contributed by atoms with Gasteiger partial charge in [-0.15, -0.1) is 0 Å². The highest BCUT2D eigenvalue weighted by atomic mass is 19.1. The molecule has 1 aromatic rings. The lowest BCUT2D eigenvalue weighted by Gasteiger charge is -2.24. The molecule has 1 aliphatic carbocycles. The van der Waals surface area contributed by atoms with Crippen LogP contribution in [0.5, 0.6) is 0 Å². The van der Waals surface area contributed by atoms with Crippen molar-refractivity contribution in [2.45, 2.75) is 38.8 Å². The molecular formula is C19H25FN2O2. The van der Waals surface area contributed by atoms with Gasteiger partial charge in [-0.1, -0.05) is 24.1 Å². The molecule has 4 nitrogen and oxygen atoms in total. The second-order valence-corrected chi connectivity index (χ2v) is 7.08. The van der Waals surface area contributed by atoms with Gasteiger partial charge in [0, 0.05) is 25.2 Å². The lowest BCUT2D eigenvalue weighted by Crippen LogP contribution is -2.39. The molecule has 0 radical (unpaired) electrons. The van der Waals surface area contributed by atoms with Crippen LogP contribution in [0.1, 0.15) is 41.6 Å². The summed E-state index contributed by atoms with van der Waals surface area (Å²) >= 11 is 0. The summed E-state index contributed by atoms with van der Waals surface area (Å²) in [7, 11) is 0. The Labute approximate surface area is 142 Å². The monoisotopic (exact) mass is 332 g/mol. The van der Waals surface area contributed by atoms with E-state index in [1.54, 1.807) is 4.90 Å². The number of amides is 2. The maximum absolute atomic E-state index is 13.1. The van der Waals surface area contributed by atoms with Crippen LogP contribution in [0.15, 0.2) is 24.3 Å². The number of rotatable bonds is 4. The molecule has 2 amide bonds. The first-order valence-electron chi connectivity index (χ1n) is 8.82. The van der Waals surface area contributed by atoms with Crippen LogP contribution in [-0.2, 0) is 4.79 Å². The number of alkyl halides is 1. The molecule has 1 aliphatic heterocycles. The average molecular weight is 332 g/mol. The highest BCUT2D eigenvalue weighted by molar-refractivity contribution is 5.94. The van der Waals surface area contributed by atoms with Crippen LogP contribution in [0.2, 0.25) is 0 Å². The normalized spacial score (nSPS) is 26.6. The largest absolute Gasteiger partial charge is 0.352 e. The molecule has 0 spiro atoms. The molecule has 1 heterocycles. The molecule has 1 aromatic carbocycles. The van der Waals surface area contributed by atoms with Crippen LogP contribution >= 0.6 is 0 Å². The van der Waals surface area contributed by atoms with Gasteiger partial charge in [0.25, 0.3) is 5.91 Å². The molecule has 130 valence electrons. The van der Waals surface area contributed by atoms with Gasteiger partial charge in [0.1, 0.15) is 6.17 Å². The summed E-state index contributed by atoms with van der Waals surface area (Å²) in [5.41, 5.74) is 1.77. The van der Waals surface area contributed by atoms with Crippen molar-refractivity contribution in [3.05, 3.63) is 35.4 Å². The van der Waals surface area contributed by atoms with Crippen molar-refractivity contribution in [1.29, 1.82) is 0 Å². The van der Waals surface area contributed by atoms with Gasteiger partial charge in [-0.05, 0) is 44.2 Å². The molecule has 24 heavy (non-hydrogen) atoms. The number of nitrogens with zero attached hydrogens (tertiary/aromatic N) is 1. The lowest BCUT2D eigenvalue weighted by atomic mass is 10.0. The number of nitrogens with one attached hydrogen (secondary N) is 1. The van der Waals surface area contributed by atoms with Crippen LogP contribution in [0, 0.1) is 18.8 Å². The summed E-state index contributed by atoms with van der Waals surface area (Å²) in [4.78, 5) is 26.3. The zero-order valence-electron chi connectivity index (χ0n) is 14.1. The van der Waals surface area contributed by atoms with Gasteiger partial charge in [0.2, 0.25) is 5.91 Å². The van der Waals surface area contributed by atoms with E-state index < -0.39 is 12.1 Å². The summed E-state index contributed by atoms with van der Waals surface area (Å²) in [6.45, 7) is 3.88. The van der Waals surface area contributed by atoms with Gasteiger partial charge in [-0.25, -0.2) is 4.39 Å². The van der Waals surface area contributed by atoms with E-state index in [1.165, 1.54) is 0 Å². The van der Waals surface area contributed by atoms with Crippen molar-refractivity contribution >= 4 is 11.8 Å². The molecular weight excluding hydrogens is 307 g/mol. The fourth-order valence-corrected chi connectivity index (χ4v) is 3.29. The van der Waals surface area contributed by atoms with Gasteiger partial charge < -0.3 is 10.2 Å². The van der Waals surface area contributed by atoms with Gasteiger partial charge in [-0.3, -0.25) is 9.59 Å². The molecule has 0 bridgehead atoms. The number of hydrogen-bond donors (Lipinski definition) is 1. The van der Waals surface area contributed by atoms with E-state index in [-0.39, 0.29) is 17.7 Å². The van der Waals surface area contributed by atoms with Gasteiger partial charge in [0.05, 0.1) is 5.92 Å². The van der Waals surface area contributed by atoms with Crippen LogP contribution < -0.4 is 5.32 Å². The fourth-order valence-electron chi connectivity index (χ4n) is 3.29. The second kappa shape index (κ2) is 7.32. The van der Waals surface area contributed by atoms with Gasteiger partial charge in [-0.2, -0.15) is 0 Å². The van der Waals surface area contributed by atoms with E-state index in [4.69, 9.17) is 0 Å². The molecule has 1 N–H and O–H groups in total. The first-order valence-corrected chi connectivity index (χ1v) is 8.82. The quantitative estimate of drug-likeness (QED) is 0.922. The minimum absolute atomic E-state index is 0.0424. The molecule has 3 rings (SSSR count). The zero-order valence-corrected chi connectivity index (χ0v) is 14.1. The first kappa shape index (κ1) is 16.9. The number of benzene rings is 1. The average Bonchev–Trinajstić information content (AvgIpc) is 3.34. The highest BCUT2D eigenvalue weighted by Crippen LogP contribution is 2.36. The minimum atomic E-state index is -0.944. The third-order valence-electron chi connectivity index (χ3n) is 4.98. The summed E-state index contributed by atoms with van der Waals surface area (Å²) in [6.07, 6.45) is 2.42. The van der Waals surface area contributed by atoms with Crippen molar-refractivity contribution in [2.75, 3.05) is 19.6 Å². The Morgan fingerprint density at radius 2 is 1.96 bits per heavy atom. The van der Waals surface area contributed by atoms with E-state index in [0.29, 0.717) is 31.6 Å². The van der Waals surface area contributed by atoms with Crippen LogP contribution in [0.3, 0.4) is 0 Å². The lowest BCUT2D eigenvalue weighted by molar-refractivity contribution is -0.133. The van der Waals surface area contributed by atoms with Crippen molar-refractivity contribution in [2.24, 2.45) is 11.8 Å². The molecule has 3 atom stereocenters. The minimum Gasteiger partial charge on any atom is -0.352 e. The molecule has 1 saturated heterocycles. The van der Waals surface area contributed by atoms with E-state index >= 15 is 0 Å². The summed E-state index contributed by atoms with van der Waals surface area (Å²) < 4.78 is 13.1. The topological polar surface area (TPSA) is 49.4 Å². The fraction of sp³-hybridized carbons (Fsp3) is 0.579. The predicted octanol–water partition coefficient (Wildman–Crippen LogP) is 2.71. The predicted molar refractivity (Wildman–Crippen MR) is 90.4 cm³/mol. The maximum Gasteiger partial charge on any atom is 0.251 e. The standard InChI is InChI=1S/C19H25FN2O2/c1-13-5-7-15(8-6-13)18(23)21-11-14-4-2-3-9-22(12-14)19(24)16-10-17(16)20/h5-8,14,16-17H,2-4,9-12H2,1H3,(H,21,23)/t14?,16-,17+/m1/s1. The highest BCUT2D eigenvalue weighted by Gasteiger charge is 2.45. The summed E-state index contributed by atoms with van der Waals surface area (Å²) in [5, 5.41) is 2.98. The summed E-state index contributed by atoms with van der Waals surface area (Å²) in [6, 6.07) is 7.48. The molecule has 0 aromatic heterocycles. The molecule has 2 fully saturated rings. The van der Waals surface area contributed by atoms with Crippen molar-refractivity contribution in [3.8, 4) is 0 Å². The zero-order chi connectivity index (χ0) is 17.1. The van der Waals surface area contributed by atoms with Crippen LogP contribution in [0.25, 0.3) is 0 Å². The number of hydrogen-bond acceptors (Lipinski definition) is 2. The first-order chi connectivity index (χ1) is 11.5. The Kier molecular flexibility index (Phi) is 5.17. The molecule has 5 heteroatoms. The van der Waals surface area contributed by atoms with Crippen LogP contribution in [0.4, 0.5) is 4.39 Å². The van der Waals surface area contributed by atoms with Crippen LogP contribution in [-0.4, -0.2) is 42.5 Å². The van der Waals surface area contributed by atoms with E-state index in [0.717, 1.165) is 24.8 Å². The number of carbonyl (C=O) groups excluding carboxylic acids is 2. The van der Waals surface area contributed by atoms with Gasteiger partial charge >= 0.3 is 0 Å². The van der Waals surface area contributed by atoms with Crippen molar-refractivity contribution in [1.82, 2.24) is 10.2 Å². The SMILES string of the molecule is Cc1ccc(C(=O)NCC2CCCCN(C(=O)[C@@H]3C[C@@H]3F)C2)cc1. The molecule has 2 aliphatic rings.